The Bertz CT molecular complexity index is 377. The van der Waals surface area contributed by atoms with Crippen LogP contribution in [0.15, 0.2) is 24.3 Å². The van der Waals surface area contributed by atoms with Crippen LogP contribution in [0.2, 0.25) is 0 Å². The van der Waals surface area contributed by atoms with Crippen molar-refractivity contribution in [2.75, 3.05) is 6.54 Å². The number of benzene rings is 1. The van der Waals surface area contributed by atoms with Gasteiger partial charge < -0.3 is 5.32 Å². The largest absolute Gasteiger partial charge is 0.352 e. The van der Waals surface area contributed by atoms with Gasteiger partial charge in [0.15, 0.2) is 0 Å². The van der Waals surface area contributed by atoms with E-state index in [1.54, 1.807) is 0 Å². The lowest BCUT2D eigenvalue weighted by atomic mass is 10.0. The molecule has 1 aromatic carbocycles. The lowest BCUT2D eigenvalue weighted by Gasteiger charge is -2.09. The molecule has 1 amide bonds. The fourth-order valence-corrected chi connectivity index (χ4v) is 2.70. The van der Waals surface area contributed by atoms with Crippen molar-refractivity contribution in [3.63, 3.8) is 0 Å². The number of aryl methyl sites for hydroxylation is 1. The summed E-state index contributed by atoms with van der Waals surface area (Å²) >= 11 is 0. The molecule has 2 nitrogen and oxygen atoms in total. The molecule has 0 heterocycles. The van der Waals surface area contributed by atoms with Crippen LogP contribution < -0.4 is 5.32 Å². The minimum atomic E-state index is 0.0569. The Morgan fingerprint density at radius 2 is 1.89 bits per heavy atom. The van der Waals surface area contributed by atoms with Gasteiger partial charge in [-0.2, -0.15) is 0 Å². The summed E-state index contributed by atoms with van der Waals surface area (Å²) in [5.41, 5.74) is 1.95. The zero-order valence-corrected chi connectivity index (χ0v) is 11.2. The molecule has 1 aromatic rings. The first-order valence-corrected chi connectivity index (χ1v) is 7.10. The Morgan fingerprint density at radius 1 is 1.22 bits per heavy atom. The number of hydrogen-bond donors (Lipinski definition) is 1. The molecule has 2 heteroatoms. The molecule has 2 rings (SSSR count). The average Bonchev–Trinajstić information content (AvgIpc) is 2.88. The maximum absolute atomic E-state index is 11.8. The average molecular weight is 245 g/mol. The van der Waals surface area contributed by atoms with Crippen molar-refractivity contribution in [3.8, 4) is 0 Å². The molecule has 1 saturated carbocycles. The minimum absolute atomic E-state index is 0.0569. The van der Waals surface area contributed by atoms with Crippen LogP contribution >= 0.6 is 0 Å². The normalized spacial score (nSPS) is 15.8. The van der Waals surface area contributed by atoms with Crippen LogP contribution in [0.1, 0.15) is 54.4 Å². The Hall–Kier alpha value is -1.31. The third kappa shape index (κ3) is 3.86. The van der Waals surface area contributed by atoms with E-state index in [0.29, 0.717) is 0 Å². The number of hydrogen-bond acceptors (Lipinski definition) is 1. The van der Waals surface area contributed by atoms with Gasteiger partial charge in [-0.25, -0.2) is 0 Å². The van der Waals surface area contributed by atoms with E-state index >= 15 is 0 Å². The van der Waals surface area contributed by atoms with Gasteiger partial charge in [0, 0.05) is 12.1 Å². The fraction of sp³-hybridized carbons (Fsp3) is 0.562. The predicted octanol–water partition coefficient (Wildman–Crippen LogP) is 3.70. The van der Waals surface area contributed by atoms with Crippen LogP contribution in [0.3, 0.4) is 0 Å². The fourth-order valence-electron chi connectivity index (χ4n) is 2.70. The van der Waals surface area contributed by atoms with E-state index in [4.69, 9.17) is 0 Å². The van der Waals surface area contributed by atoms with Gasteiger partial charge in [-0.15, -0.1) is 0 Å². The summed E-state index contributed by atoms with van der Waals surface area (Å²) in [6.07, 6.45) is 7.98. The predicted molar refractivity (Wildman–Crippen MR) is 74.7 cm³/mol. The summed E-state index contributed by atoms with van der Waals surface area (Å²) < 4.78 is 0. The van der Waals surface area contributed by atoms with Gasteiger partial charge in [0.05, 0.1) is 0 Å². The first-order valence-electron chi connectivity index (χ1n) is 7.10. The highest BCUT2D eigenvalue weighted by Gasteiger charge is 2.14. The van der Waals surface area contributed by atoms with Crippen molar-refractivity contribution in [1.29, 1.82) is 0 Å². The van der Waals surface area contributed by atoms with Crippen molar-refractivity contribution in [3.05, 3.63) is 35.4 Å². The molecule has 98 valence electrons. The van der Waals surface area contributed by atoms with Gasteiger partial charge in [0.2, 0.25) is 0 Å². The van der Waals surface area contributed by atoms with Gasteiger partial charge in [-0.1, -0.05) is 43.4 Å². The minimum Gasteiger partial charge on any atom is -0.352 e. The molecular weight excluding hydrogens is 222 g/mol. The first kappa shape index (κ1) is 13.1. The molecule has 1 fully saturated rings. The molecule has 1 aliphatic rings. The highest BCUT2D eigenvalue weighted by molar-refractivity contribution is 5.94. The smallest absolute Gasteiger partial charge is 0.251 e. The van der Waals surface area contributed by atoms with Gasteiger partial charge >= 0.3 is 0 Å². The highest BCUT2D eigenvalue weighted by Crippen LogP contribution is 2.28. The van der Waals surface area contributed by atoms with E-state index in [0.717, 1.165) is 24.4 Å². The topological polar surface area (TPSA) is 29.1 Å². The second kappa shape index (κ2) is 6.58. The molecular formula is C16H23NO. The number of carbonyl (C=O) groups excluding carboxylic acids is 1. The van der Waals surface area contributed by atoms with Crippen molar-refractivity contribution in [2.45, 2.75) is 45.4 Å². The zero-order chi connectivity index (χ0) is 12.8. The summed E-state index contributed by atoms with van der Waals surface area (Å²) in [4.78, 5) is 11.8. The lowest BCUT2D eigenvalue weighted by Crippen LogP contribution is -2.24. The van der Waals surface area contributed by atoms with Crippen molar-refractivity contribution in [1.82, 2.24) is 5.32 Å². The Labute approximate surface area is 110 Å². The number of amides is 1. The number of nitrogens with one attached hydrogen (secondary N) is 1. The summed E-state index contributed by atoms with van der Waals surface area (Å²) in [5.74, 6) is 0.975. The second-order valence-electron chi connectivity index (χ2n) is 5.41. The van der Waals surface area contributed by atoms with Crippen LogP contribution in [-0.4, -0.2) is 12.5 Å². The molecule has 0 atom stereocenters. The van der Waals surface area contributed by atoms with Gasteiger partial charge in [0.25, 0.3) is 5.91 Å². The summed E-state index contributed by atoms with van der Waals surface area (Å²) in [6.45, 7) is 2.84. The lowest BCUT2D eigenvalue weighted by molar-refractivity contribution is 0.0952. The molecule has 1 N–H and O–H groups in total. The van der Waals surface area contributed by atoms with E-state index in [-0.39, 0.29) is 5.91 Å². The summed E-state index contributed by atoms with van der Waals surface area (Å²) in [6, 6.07) is 7.74. The van der Waals surface area contributed by atoms with E-state index in [9.17, 15) is 4.79 Å². The van der Waals surface area contributed by atoms with Crippen LogP contribution in [0.25, 0.3) is 0 Å². The summed E-state index contributed by atoms with van der Waals surface area (Å²) in [7, 11) is 0. The third-order valence-corrected chi connectivity index (χ3v) is 3.86. The van der Waals surface area contributed by atoms with Crippen LogP contribution in [0.5, 0.6) is 0 Å². The highest BCUT2D eigenvalue weighted by atomic mass is 16.1. The molecule has 0 aromatic heterocycles. The maximum atomic E-state index is 11.8. The molecule has 18 heavy (non-hydrogen) atoms. The van der Waals surface area contributed by atoms with Crippen molar-refractivity contribution in [2.24, 2.45) is 5.92 Å². The van der Waals surface area contributed by atoms with Crippen LogP contribution in [0, 0.1) is 12.8 Å². The molecule has 0 unspecified atom stereocenters. The molecule has 0 radical (unpaired) electrons. The third-order valence-electron chi connectivity index (χ3n) is 3.86. The second-order valence-corrected chi connectivity index (χ2v) is 5.41. The standard InChI is InChI=1S/C16H23NO/c1-13-8-10-15(11-9-13)16(18)17-12-4-7-14-5-2-3-6-14/h8-11,14H,2-7,12H2,1H3,(H,17,18). The van der Waals surface area contributed by atoms with E-state index in [1.807, 2.05) is 31.2 Å². The van der Waals surface area contributed by atoms with Gasteiger partial charge in [-0.3, -0.25) is 4.79 Å². The van der Waals surface area contributed by atoms with Crippen LogP contribution in [-0.2, 0) is 0 Å². The van der Waals surface area contributed by atoms with Crippen LogP contribution in [0.4, 0.5) is 0 Å². The SMILES string of the molecule is Cc1ccc(C(=O)NCCCC2CCCC2)cc1. The number of rotatable bonds is 5. The Morgan fingerprint density at radius 3 is 2.56 bits per heavy atom. The molecule has 0 spiro atoms. The zero-order valence-electron chi connectivity index (χ0n) is 11.2. The maximum Gasteiger partial charge on any atom is 0.251 e. The molecule has 0 saturated heterocycles. The quantitative estimate of drug-likeness (QED) is 0.787. The Balaban J connectivity index is 1.66. The van der Waals surface area contributed by atoms with Crippen molar-refractivity contribution < 1.29 is 4.79 Å². The molecule has 0 bridgehead atoms. The van der Waals surface area contributed by atoms with Gasteiger partial charge in [-0.05, 0) is 37.8 Å². The summed E-state index contributed by atoms with van der Waals surface area (Å²) in [5, 5.41) is 3.00. The van der Waals surface area contributed by atoms with E-state index in [1.165, 1.54) is 37.7 Å². The van der Waals surface area contributed by atoms with E-state index < -0.39 is 0 Å². The van der Waals surface area contributed by atoms with Gasteiger partial charge in [0.1, 0.15) is 0 Å². The monoisotopic (exact) mass is 245 g/mol. The first-order chi connectivity index (χ1) is 8.75. The molecule has 0 aliphatic heterocycles. The molecule has 1 aliphatic carbocycles. The Kier molecular flexibility index (Phi) is 4.80. The van der Waals surface area contributed by atoms with E-state index in [2.05, 4.69) is 5.32 Å². The van der Waals surface area contributed by atoms with Crippen molar-refractivity contribution >= 4 is 5.91 Å². The number of carbonyl (C=O) groups is 1.